The Hall–Kier alpha value is -4.85. The molecule has 3 heterocycles. The number of nitrogens with zero attached hydrogens (tertiary/aromatic N) is 8. The largest absolute Gasteiger partial charge is 0.350 e. The molecule has 8 heteroatoms. The highest BCUT2D eigenvalue weighted by atomic mass is 15.2. The standard InChI is InChI=1S/C29H29N8/c1-3-9-26(10-4-1)30-31-28-14-17-34(18-15-28)19-20-35-21-22-36(25-35)23-24-37-16-8-7-13-29(37)33-32-27-11-5-2-6-12-27/h1-18,21-22,25H,19-20,23-24H2/q+3. The maximum Gasteiger partial charge on any atom is 0.350 e. The van der Waals surface area contributed by atoms with Crippen LogP contribution < -0.4 is 13.7 Å². The van der Waals surface area contributed by atoms with Crippen molar-refractivity contribution in [1.82, 2.24) is 4.57 Å². The molecule has 0 atom stereocenters. The number of aromatic nitrogens is 4. The van der Waals surface area contributed by atoms with Crippen molar-refractivity contribution in [2.75, 3.05) is 0 Å². The number of benzene rings is 2. The molecule has 5 aromatic rings. The monoisotopic (exact) mass is 489 g/mol. The van der Waals surface area contributed by atoms with Crippen LogP contribution in [0, 0.1) is 0 Å². The van der Waals surface area contributed by atoms with Gasteiger partial charge in [-0.15, -0.1) is 0 Å². The molecule has 5 rings (SSSR count). The highest BCUT2D eigenvalue weighted by molar-refractivity contribution is 5.38. The lowest BCUT2D eigenvalue weighted by Gasteiger charge is -1.99. The molecule has 182 valence electrons. The summed E-state index contributed by atoms with van der Waals surface area (Å²) in [5.74, 6) is 0.828. The Balaban J connectivity index is 1.13. The summed E-state index contributed by atoms with van der Waals surface area (Å²) >= 11 is 0. The Morgan fingerprint density at radius 3 is 1.84 bits per heavy atom. The maximum absolute atomic E-state index is 4.45. The number of aryl methyl sites for hydroxylation is 4. The van der Waals surface area contributed by atoms with Crippen LogP contribution in [0.2, 0.25) is 0 Å². The lowest BCUT2D eigenvalue weighted by molar-refractivity contribution is -0.772. The third-order valence-electron chi connectivity index (χ3n) is 5.81. The normalized spacial score (nSPS) is 11.5. The second-order valence-electron chi connectivity index (χ2n) is 8.51. The molecule has 0 bridgehead atoms. The summed E-state index contributed by atoms with van der Waals surface area (Å²) in [4.78, 5) is 0. The summed E-state index contributed by atoms with van der Waals surface area (Å²) in [6, 6.07) is 29.5. The van der Waals surface area contributed by atoms with Crippen molar-refractivity contribution in [2.45, 2.75) is 26.2 Å². The molecule has 8 nitrogen and oxygen atoms in total. The first kappa shape index (κ1) is 23.9. The first-order chi connectivity index (χ1) is 18.3. The molecule has 0 unspecified atom stereocenters. The van der Waals surface area contributed by atoms with Crippen LogP contribution in [0.5, 0.6) is 0 Å². The summed E-state index contributed by atoms with van der Waals surface area (Å²) in [5.41, 5.74) is 2.52. The Morgan fingerprint density at radius 1 is 0.514 bits per heavy atom. The van der Waals surface area contributed by atoms with E-state index in [9.17, 15) is 0 Å². The van der Waals surface area contributed by atoms with Crippen LogP contribution >= 0.6 is 0 Å². The van der Waals surface area contributed by atoms with E-state index in [1.54, 1.807) is 0 Å². The first-order valence-electron chi connectivity index (χ1n) is 12.3. The SMILES string of the molecule is c1ccc(N=Nc2cc[n+](CCn3cc[n+](CC[n+]4ccccc4N=Nc4ccccc4)c3)cc2)cc1. The molecule has 3 aromatic heterocycles. The van der Waals surface area contributed by atoms with Gasteiger partial charge in [-0.2, -0.15) is 10.2 Å². The van der Waals surface area contributed by atoms with Crippen LogP contribution in [0.15, 0.2) is 149 Å². The van der Waals surface area contributed by atoms with E-state index in [2.05, 4.69) is 57.4 Å². The zero-order valence-electron chi connectivity index (χ0n) is 20.5. The molecule has 2 aromatic carbocycles. The third kappa shape index (κ3) is 7.08. The summed E-state index contributed by atoms with van der Waals surface area (Å²) < 4.78 is 8.65. The van der Waals surface area contributed by atoms with Crippen molar-refractivity contribution < 1.29 is 13.7 Å². The molecule has 0 aliphatic rings. The fourth-order valence-electron chi connectivity index (χ4n) is 3.78. The zero-order valence-corrected chi connectivity index (χ0v) is 20.5. The van der Waals surface area contributed by atoms with Gasteiger partial charge in [0.2, 0.25) is 6.33 Å². The smallest absolute Gasteiger partial charge is 0.233 e. The van der Waals surface area contributed by atoms with Gasteiger partial charge in [0.25, 0.3) is 0 Å². The lowest BCUT2D eigenvalue weighted by atomic mass is 10.3. The van der Waals surface area contributed by atoms with E-state index in [4.69, 9.17) is 0 Å². The number of rotatable bonds is 10. The molecule has 37 heavy (non-hydrogen) atoms. The molecule has 0 aliphatic heterocycles. The molecular formula is C29H29N8+3. The van der Waals surface area contributed by atoms with Crippen LogP contribution in [-0.4, -0.2) is 4.57 Å². The van der Waals surface area contributed by atoms with Crippen LogP contribution in [0.3, 0.4) is 0 Å². The van der Waals surface area contributed by atoms with E-state index < -0.39 is 0 Å². The number of pyridine rings is 2. The number of imidazole rings is 1. The van der Waals surface area contributed by atoms with Crippen LogP contribution in [-0.2, 0) is 26.2 Å². The molecule has 0 N–H and O–H groups in total. The fraction of sp³-hybridized carbons (Fsp3) is 0.138. The van der Waals surface area contributed by atoms with Gasteiger partial charge >= 0.3 is 5.82 Å². The number of hydrogen-bond donors (Lipinski definition) is 0. The Kier molecular flexibility index (Phi) is 7.88. The number of hydrogen-bond acceptors (Lipinski definition) is 4. The van der Waals surface area contributed by atoms with Crippen molar-refractivity contribution >= 4 is 22.9 Å². The average molecular weight is 490 g/mol. The van der Waals surface area contributed by atoms with E-state index in [1.807, 2.05) is 110 Å². The van der Waals surface area contributed by atoms with Gasteiger partial charge in [0.15, 0.2) is 18.9 Å². The minimum absolute atomic E-state index is 0.798. The minimum atomic E-state index is 0.798. The van der Waals surface area contributed by atoms with Gasteiger partial charge in [0.05, 0.1) is 22.7 Å². The van der Waals surface area contributed by atoms with Gasteiger partial charge in [-0.25, -0.2) is 18.3 Å². The summed E-state index contributed by atoms with van der Waals surface area (Å²) in [6.45, 7) is 3.37. The summed E-state index contributed by atoms with van der Waals surface area (Å²) in [5, 5.41) is 17.4. The van der Waals surface area contributed by atoms with E-state index in [0.717, 1.165) is 49.1 Å². The summed E-state index contributed by atoms with van der Waals surface area (Å²) in [7, 11) is 0. The van der Waals surface area contributed by atoms with Gasteiger partial charge < -0.3 is 0 Å². The highest BCUT2D eigenvalue weighted by Gasteiger charge is 2.12. The van der Waals surface area contributed by atoms with Crippen LogP contribution in [0.4, 0.5) is 22.9 Å². The van der Waals surface area contributed by atoms with Crippen molar-refractivity contribution in [3.63, 3.8) is 0 Å². The highest BCUT2D eigenvalue weighted by Crippen LogP contribution is 2.16. The first-order valence-corrected chi connectivity index (χ1v) is 12.3. The molecule has 0 fully saturated rings. The van der Waals surface area contributed by atoms with Crippen molar-refractivity contribution in [2.24, 2.45) is 20.5 Å². The fourth-order valence-corrected chi connectivity index (χ4v) is 3.78. The van der Waals surface area contributed by atoms with E-state index in [0.29, 0.717) is 0 Å². The Morgan fingerprint density at radius 2 is 1.14 bits per heavy atom. The molecule has 0 saturated heterocycles. The van der Waals surface area contributed by atoms with Crippen LogP contribution in [0.1, 0.15) is 0 Å². The summed E-state index contributed by atoms with van der Waals surface area (Å²) in [6.07, 6.45) is 12.5. The van der Waals surface area contributed by atoms with Crippen molar-refractivity contribution in [1.29, 1.82) is 0 Å². The molecule has 0 saturated carbocycles. The van der Waals surface area contributed by atoms with Crippen molar-refractivity contribution in [3.05, 3.63) is 128 Å². The van der Waals surface area contributed by atoms with Gasteiger partial charge in [-0.3, -0.25) is 0 Å². The molecule has 0 amide bonds. The number of azo groups is 2. The molecular weight excluding hydrogens is 460 g/mol. The Bertz CT molecular complexity index is 1460. The second-order valence-corrected chi connectivity index (χ2v) is 8.51. The Labute approximate surface area is 216 Å². The molecule has 0 aliphatic carbocycles. The maximum atomic E-state index is 4.45. The average Bonchev–Trinajstić information content (AvgIpc) is 3.43. The molecule has 0 spiro atoms. The predicted molar refractivity (Wildman–Crippen MR) is 139 cm³/mol. The predicted octanol–water partition coefficient (Wildman–Crippen LogP) is 5.58. The lowest BCUT2D eigenvalue weighted by Crippen LogP contribution is -2.43. The van der Waals surface area contributed by atoms with Gasteiger partial charge in [0, 0.05) is 18.2 Å². The second kappa shape index (κ2) is 12.2. The van der Waals surface area contributed by atoms with E-state index in [-0.39, 0.29) is 0 Å². The topological polar surface area (TPSA) is 66.0 Å². The van der Waals surface area contributed by atoms with Crippen molar-refractivity contribution in [3.8, 4) is 0 Å². The van der Waals surface area contributed by atoms with Gasteiger partial charge in [-0.1, -0.05) is 42.5 Å². The van der Waals surface area contributed by atoms with E-state index in [1.165, 1.54) is 0 Å². The molecule has 0 radical (unpaired) electrons. The van der Waals surface area contributed by atoms with Crippen LogP contribution in [0.25, 0.3) is 0 Å². The van der Waals surface area contributed by atoms with E-state index >= 15 is 0 Å². The van der Waals surface area contributed by atoms with Gasteiger partial charge in [0.1, 0.15) is 37.7 Å². The van der Waals surface area contributed by atoms with Gasteiger partial charge in [-0.05, 0) is 35.4 Å². The zero-order chi connectivity index (χ0) is 25.1. The quantitative estimate of drug-likeness (QED) is 0.182. The third-order valence-corrected chi connectivity index (χ3v) is 5.81. The minimum Gasteiger partial charge on any atom is -0.233 e.